The molecule has 0 atom stereocenters. The number of hydrazone groups is 1. The van der Waals surface area contributed by atoms with Crippen LogP contribution in [0.2, 0.25) is 0 Å². The monoisotopic (exact) mass is 535 g/mol. The third-order valence-electron chi connectivity index (χ3n) is 3.88. The molecule has 0 amide bonds. The van der Waals surface area contributed by atoms with Crippen LogP contribution in [0.5, 0.6) is 11.5 Å². The highest BCUT2D eigenvalue weighted by molar-refractivity contribution is 9.11. The predicted octanol–water partition coefficient (Wildman–Crippen LogP) is 3.93. The van der Waals surface area contributed by atoms with Crippen LogP contribution in [-0.2, 0) is 6.54 Å². The first kappa shape index (κ1) is 21.8. The van der Waals surface area contributed by atoms with E-state index in [9.17, 15) is 10.2 Å². The number of aromatic nitrogens is 3. The van der Waals surface area contributed by atoms with Crippen LogP contribution in [0, 0.1) is 0 Å². The molecule has 0 bridgehead atoms. The zero-order valence-electron chi connectivity index (χ0n) is 16.1. The molecule has 2 aromatic carbocycles. The molecule has 11 heteroatoms. The van der Waals surface area contributed by atoms with Crippen LogP contribution in [0.15, 0.2) is 50.4 Å². The maximum atomic E-state index is 10.1. The van der Waals surface area contributed by atoms with Gasteiger partial charge >= 0.3 is 0 Å². The minimum Gasteiger partial charge on any atom is -0.506 e. The van der Waals surface area contributed by atoms with Gasteiger partial charge in [-0.1, -0.05) is 30.3 Å². The summed E-state index contributed by atoms with van der Waals surface area (Å²) in [6.07, 6.45) is 1.39. The number of phenolic OH excluding ortho intramolecular Hbond substituents is 2. The van der Waals surface area contributed by atoms with E-state index in [0.29, 0.717) is 28.5 Å². The molecule has 9 nitrogen and oxygen atoms in total. The molecule has 0 saturated carbocycles. The Morgan fingerprint density at radius 1 is 1.03 bits per heavy atom. The largest absolute Gasteiger partial charge is 0.506 e. The van der Waals surface area contributed by atoms with Crippen LogP contribution >= 0.6 is 31.9 Å². The van der Waals surface area contributed by atoms with Gasteiger partial charge in [0, 0.05) is 26.2 Å². The average molecular weight is 537 g/mol. The molecule has 0 unspecified atom stereocenters. The summed E-state index contributed by atoms with van der Waals surface area (Å²) in [6.45, 7) is 0.559. The van der Waals surface area contributed by atoms with Crippen LogP contribution in [0.4, 0.5) is 17.8 Å². The first-order valence-corrected chi connectivity index (χ1v) is 10.3. The molecule has 156 valence electrons. The van der Waals surface area contributed by atoms with Gasteiger partial charge in [0.1, 0.15) is 16.0 Å². The smallest absolute Gasteiger partial charge is 0.250 e. The minimum atomic E-state index is -0.143. The molecule has 0 aliphatic rings. The SMILES string of the molecule is CN(C)c1nc(NCc2ccccc2)nc(N/N=C\c2cc(Br)c(O)c(Br)c2O)n1. The van der Waals surface area contributed by atoms with Crippen molar-refractivity contribution in [3.05, 3.63) is 56.5 Å². The Labute approximate surface area is 190 Å². The van der Waals surface area contributed by atoms with Gasteiger partial charge < -0.3 is 20.4 Å². The van der Waals surface area contributed by atoms with E-state index in [2.05, 4.69) is 62.7 Å². The molecule has 3 rings (SSSR count). The Hall–Kier alpha value is -2.92. The van der Waals surface area contributed by atoms with Gasteiger partial charge in [-0.15, -0.1) is 0 Å². The van der Waals surface area contributed by atoms with E-state index >= 15 is 0 Å². The Balaban J connectivity index is 1.78. The maximum absolute atomic E-state index is 10.1. The Morgan fingerprint density at radius 2 is 1.73 bits per heavy atom. The third kappa shape index (κ3) is 5.36. The van der Waals surface area contributed by atoms with E-state index in [1.807, 2.05) is 44.4 Å². The highest BCUT2D eigenvalue weighted by Gasteiger charge is 2.13. The van der Waals surface area contributed by atoms with Crippen LogP contribution in [0.1, 0.15) is 11.1 Å². The van der Waals surface area contributed by atoms with Gasteiger partial charge in [-0.25, -0.2) is 5.43 Å². The Morgan fingerprint density at radius 3 is 2.43 bits per heavy atom. The number of anilines is 3. The molecule has 30 heavy (non-hydrogen) atoms. The van der Waals surface area contributed by atoms with Crippen molar-refractivity contribution in [2.24, 2.45) is 5.10 Å². The van der Waals surface area contributed by atoms with E-state index in [-0.39, 0.29) is 21.9 Å². The topological polar surface area (TPSA) is 119 Å². The van der Waals surface area contributed by atoms with Crippen LogP contribution in [-0.4, -0.2) is 45.5 Å². The molecular weight excluding hydrogens is 518 g/mol. The number of aromatic hydroxyl groups is 2. The first-order chi connectivity index (χ1) is 14.3. The fraction of sp³-hybridized carbons (Fsp3) is 0.158. The summed E-state index contributed by atoms with van der Waals surface area (Å²) < 4.78 is 0.580. The van der Waals surface area contributed by atoms with Gasteiger partial charge in [0.25, 0.3) is 0 Å². The summed E-state index contributed by atoms with van der Waals surface area (Å²) in [7, 11) is 3.65. The molecule has 1 aromatic heterocycles. The highest BCUT2D eigenvalue weighted by atomic mass is 79.9. The summed E-state index contributed by atoms with van der Waals surface area (Å²) in [5.74, 6) is 0.845. The van der Waals surface area contributed by atoms with Gasteiger partial charge in [0.05, 0.1) is 10.7 Å². The van der Waals surface area contributed by atoms with Crippen molar-refractivity contribution in [3.8, 4) is 11.5 Å². The van der Waals surface area contributed by atoms with Crippen molar-refractivity contribution in [2.45, 2.75) is 6.54 Å². The molecule has 0 radical (unpaired) electrons. The summed E-state index contributed by atoms with van der Waals surface area (Å²) >= 11 is 6.35. The predicted molar refractivity (Wildman–Crippen MR) is 124 cm³/mol. The van der Waals surface area contributed by atoms with E-state index in [1.54, 1.807) is 4.90 Å². The van der Waals surface area contributed by atoms with Gasteiger partial charge in [-0.3, -0.25) is 0 Å². The molecule has 1 heterocycles. The van der Waals surface area contributed by atoms with Crippen LogP contribution < -0.4 is 15.6 Å². The zero-order valence-corrected chi connectivity index (χ0v) is 19.3. The van der Waals surface area contributed by atoms with Gasteiger partial charge in [0.2, 0.25) is 17.8 Å². The van der Waals surface area contributed by atoms with E-state index < -0.39 is 0 Å². The number of hydrogen-bond donors (Lipinski definition) is 4. The second kappa shape index (κ2) is 9.72. The highest BCUT2D eigenvalue weighted by Crippen LogP contribution is 2.40. The molecule has 0 aliphatic heterocycles. The summed E-state index contributed by atoms with van der Waals surface area (Å²) in [4.78, 5) is 14.8. The molecule has 0 aliphatic carbocycles. The van der Waals surface area contributed by atoms with Gasteiger partial charge in [-0.2, -0.15) is 20.1 Å². The molecule has 3 aromatic rings. The molecule has 0 fully saturated rings. The molecule has 0 spiro atoms. The second-order valence-corrected chi connectivity index (χ2v) is 7.99. The van der Waals surface area contributed by atoms with Gasteiger partial charge in [-0.05, 0) is 43.5 Å². The van der Waals surface area contributed by atoms with E-state index in [1.165, 1.54) is 12.3 Å². The quantitative estimate of drug-likeness (QED) is 0.265. The normalized spacial score (nSPS) is 10.9. The van der Waals surface area contributed by atoms with Crippen LogP contribution in [0.3, 0.4) is 0 Å². The number of rotatable bonds is 7. The van der Waals surface area contributed by atoms with Crippen molar-refractivity contribution >= 4 is 55.9 Å². The van der Waals surface area contributed by atoms with E-state index in [4.69, 9.17) is 0 Å². The van der Waals surface area contributed by atoms with Crippen LogP contribution in [0.25, 0.3) is 0 Å². The molecule has 4 N–H and O–H groups in total. The van der Waals surface area contributed by atoms with Crippen molar-refractivity contribution in [2.75, 3.05) is 29.7 Å². The summed E-state index contributed by atoms with van der Waals surface area (Å²) in [5, 5.41) is 27.2. The zero-order chi connectivity index (χ0) is 21.7. The van der Waals surface area contributed by atoms with Gasteiger partial charge in [0.15, 0.2) is 0 Å². The van der Waals surface area contributed by atoms with Crippen molar-refractivity contribution in [3.63, 3.8) is 0 Å². The lowest BCUT2D eigenvalue weighted by atomic mass is 10.2. The lowest BCUT2D eigenvalue weighted by Gasteiger charge is -2.13. The number of halogens is 2. The number of hydrogen-bond acceptors (Lipinski definition) is 9. The van der Waals surface area contributed by atoms with E-state index in [0.717, 1.165) is 5.56 Å². The average Bonchev–Trinajstić information content (AvgIpc) is 2.75. The fourth-order valence-electron chi connectivity index (χ4n) is 2.35. The fourth-order valence-corrected chi connectivity index (χ4v) is 3.50. The number of phenols is 2. The maximum Gasteiger partial charge on any atom is 0.250 e. The Kier molecular flexibility index (Phi) is 7.06. The standard InChI is InChI=1S/C19H19Br2N7O2/c1-28(2)19-25-17(22-9-11-6-4-3-5-7-11)24-18(26-19)27-23-10-12-8-13(20)16(30)14(21)15(12)29/h3-8,10,29-30H,9H2,1-2H3,(H2,22,24,25,26,27)/b23-10-. The van der Waals surface area contributed by atoms with Crippen molar-refractivity contribution < 1.29 is 10.2 Å². The number of nitrogens with one attached hydrogen (secondary N) is 2. The minimum absolute atomic E-state index is 0.0974. The Bertz CT molecular complexity index is 1060. The first-order valence-electron chi connectivity index (χ1n) is 8.75. The summed E-state index contributed by atoms with van der Waals surface area (Å²) in [6, 6.07) is 11.4. The van der Waals surface area contributed by atoms with Crippen molar-refractivity contribution in [1.29, 1.82) is 0 Å². The number of nitrogens with zero attached hydrogens (tertiary/aromatic N) is 5. The second-order valence-electron chi connectivity index (χ2n) is 6.35. The van der Waals surface area contributed by atoms with Crippen molar-refractivity contribution in [1.82, 2.24) is 15.0 Å². The number of benzene rings is 2. The molecule has 0 saturated heterocycles. The third-order valence-corrected chi connectivity index (χ3v) is 5.24. The summed E-state index contributed by atoms with van der Waals surface area (Å²) in [5.41, 5.74) is 4.22. The lowest BCUT2D eigenvalue weighted by Crippen LogP contribution is -2.16. The lowest BCUT2D eigenvalue weighted by molar-refractivity contribution is 0.442. The molecular formula is C19H19Br2N7O2.